The first-order valence-corrected chi connectivity index (χ1v) is 5.39. The highest BCUT2D eigenvalue weighted by Gasteiger charge is 2.40. The number of hydrogen-bond donors (Lipinski definition) is 0. The van der Waals surface area contributed by atoms with Gasteiger partial charge in [-0.25, -0.2) is 0 Å². The molecule has 1 unspecified atom stereocenters. The van der Waals surface area contributed by atoms with Crippen molar-refractivity contribution in [2.45, 2.75) is 45.4 Å². The fraction of sp³-hybridized carbons (Fsp3) is 0.909. The van der Waals surface area contributed by atoms with Gasteiger partial charge in [-0.05, 0) is 19.3 Å². The van der Waals surface area contributed by atoms with Crippen molar-refractivity contribution in [2.75, 3.05) is 6.61 Å². The molecule has 2 fully saturated rings. The lowest BCUT2D eigenvalue weighted by Gasteiger charge is -2.41. The molecule has 0 amide bonds. The summed E-state index contributed by atoms with van der Waals surface area (Å²) in [6, 6.07) is 0. The van der Waals surface area contributed by atoms with Crippen molar-refractivity contribution in [3.8, 4) is 0 Å². The van der Waals surface area contributed by atoms with Gasteiger partial charge in [-0.15, -0.1) is 0 Å². The third-order valence-corrected chi connectivity index (χ3v) is 3.58. The molecule has 1 aliphatic carbocycles. The lowest BCUT2D eigenvalue weighted by Crippen LogP contribution is -2.39. The molecule has 0 radical (unpaired) electrons. The van der Waals surface area contributed by atoms with Crippen molar-refractivity contribution in [1.82, 2.24) is 0 Å². The van der Waals surface area contributed by atoms with E-state index in [1.165, 1.54) is 32.1 Å². The number of cyclic esters (lactones) is 1. The van der Waals surface area contributed by atoms with Crippen molar-refractivity contribution >= 4 is 5.97 Å². The highest BCUT2D eigenvalue weighted by Crippen LogP contribution is 2.44. The maximum absolute atomic E-state index is 11.2. The van der Waals surface area contributed by atoms with Crippen LogP contribution < -0.4 is 0 Å². The molecule has 1 spiro atoms. The molecule has 0 aromatic rings. The Morgan fingerprint density at radius 2 is 2.00 bits per heavy atom. The second kappa shape index (κ2) is 3.32. The van der Waals surface area contributed by atoms with Gasteiger partial charge < -0.3 is 4.74 Å². The van der Waals surface area contributed by atoms with Gasteiger partial charge in [0.1, 0.15) is 0 Å². The van der Waals surface area contributed by atoms with Crippen LogP contribution in [0.5, 0.6) is 0 Å². The van der Waals surface area contributed by atoms with Gasteiger partial charge in [0.25, 0.3) is 0 Å². The van der Waals surface area contributed by atoms with Gasteiger partial charge in [0.2, 0.25) is 0 Å². The lowest BCUT2D eigenvalue weighted by atomic mass is 9.69. The highest BCUT2D eigenvalue weighted by atomic mass is 16.5. The average molecular weight is 182 g/mol. The minimum absolute atomic E-state index is 0.0104. The second-order valence-electron chi connectivity index (χ2n) is 4.77. The monoisotopic (exact) mass is 182 g/mol. The summed E-state index contributed by atoms with van der Waals surface area (Å²) in [4.78, 5) is 11.2. The van der Waals surface area contributed by atoms with Crippen LogP contribution in [-0.2, 0) is 9.53 Å². The molecule has 1 heterocycles. The Morgan fingerprint density at radius 1 is 1.31 bits per heavy atom. The molecule has 0 aromatic carbocycles. The number of rotatable bonds is 0. The molecule has 1 atom stereocenters. The molecule has 0 aromatic heterocycles. The van der Waals surface area contributed by atoms with Crippen LogP contribution in [0.3, 0.4) is 0 Å². The smallest absolute Gasteiger partial charge is 0.308 e. The Morgan fingerprint density at radius 3 is 2.62 bits per heavy atom. The van der Waals surface area contributed by atoms with Crippen LogP contribution >= 0.6 is 0 Å². The Kier molecular flexibility index (Phi) is 2.31. The molecule has 1 saturated carbocycles. The van der Waals surface area contributed by atoms with Crippen LogP contribution in [0.4, 0.5) is 0 Å². The van der Waals surface area contributed by atoms with Gasteiger partial charge in [0, 0.05) is 5.41 Å². The van der Waals surface area contributed by atoms with Gasteiger partial charge in [-0.1, -0.05) is 26.2 Å². The van der Waals surface area contributed by atoms with E-state index in [0.717, 1.165) is 6.42 Å². The molecule has 0 bridgehead atoms. The van der Waals surface area contributed by atoms with Crippen LogP contribution in [-0.4, -0.2) is 12.6 Å². The molecule has 2 heteroatoms. The van der Waals surface area contributed by atoms with Crippen LogP contribution in [0.15, 0.2) is 0 Å². The molecule has 2 nitrogen and oxygen atoms in total. The molecule has 13 heavy (non-hydrogen) atoms. The number of carbonyl (C=O) groups excluding carboxylic acids is 1. The molecule has 0 N–H and O–H groups in total. The largest absolute Gasteiger partial charge is 0.465 e. The lowest BCUT2D eigenvalue weighted by molar-refractivity contribution is -0.163. The first-order valence-electron chi connectivity index (χ1n) is 5.39. The standard InChI is InChI=1S/C11H18O2/c1-9-7-11(8-13-10(9)12)5-3-2-4-6-11/h9H,2-8H2,1H3. The minimum atomic E-state index is 0.0104. The maximum atomic E-state index is 11.2. The molecule has 2 aliphatic rings. The number of ether oxygens (including phenoxy) is 1. The summed E-state index contributed by atoms with van der Waals surface area (Å²) in [6.07, 6.45) is 7.61. The number of esters is 1. The van der Waals surface area contributed by atoms with E-state index in [-0.39, 0.29) is 11.9 Å². The van der Waals surface area contributed by atoms with Crippen LogP contribution in [0.2, 0.25) is 0 Å². The second-order valence-corrected chi connectivity index (χ2v) is 4.77. The Labute approximate surface area is 79.7 Å². The zero-order chi connectivity index (χ0) is 9.31. The quantitative estimate of drug-likeness (QED) is 0.538. The van der Waals surface area contributed by atoms with E-state index in [1.807, 2.05) is 6.92 Å². The molecule has 1 aliphatic heterocycles. The highest BCUT2D eigenvalue weighted by molar-refractivity contribution is 5.72. The first kappa shape index (κ1) is 9.04. The Hall–Kier alpha value is -0.530. The fourth-order valence-electron chi connectivity index (χ4n) is 2.81. The first-order chi connectivity index (χ1) is 6.22. The van der Waals surface area contributed by atoms with E-state index < -0.39 is 0 Å². The summed E-state index contributed by atoms with van der Waals surface area (Å²) in [5.41, 5.74) is 0.367. The number of carbonyl (C=O) groups is 1. The topological polar surface area (TPSA) is 26.3 Å². The summed E-state index contributed by atoms with van der Waals surface area (Å²) in [7, 11) is 0. The van der Waals surface area contributed by atoms with E-state index >= 15 is 0 Å². The minimum Gasteiger partial charge on any atom is -0.465 e. The van der Waals surface area contributed by atoms with Crippen molar-refractivity contribution in [1.29, 1.82) is 0 Å². The van der Waals surface area contributed by atoms with Gasteiger partial charge in [-0.3, -0.25) is 4.79 Å². The summed E-state index contributed by atoms with van der Waals surface area (Å²) < 4.78 is 5.24. The van der Waals surface area contributed by atoms with Gasteiger partial charge >= 0.3 is 5.97 Å². The van der Waals surface area contributed by atoms with E-state index in [2.05, 4.69) is 0 Å². The average Bonchev–Trinajstić information content (AvgIpc) is 2.14. The summed E-state index contributed by atoms with van der Waals surface area (Å²) >= 11 is 0. The molecular formula is C11H18O2. The van der Waals surface area contributed by atoms with Gasteiger partial charge in [0.05, 0.1) is 12.5 Å². The predicted octanol–water partition coefficient (Wildman–Crippen LogP) is 2.52. The van der Waals surface area contributed by atoms with Crippen LogP contribution in [0.1, 0.15) is 45.4 Å². The Bertz CT molecular complexity index is 204. The number of hydrogen-bond acceptors (Lipinski definition) is 2. The zero-order valence-electron chi connectivity index (χ0n) is 8.34. The van der Waals surface area contributed by atoms with Crippen molar-refractivity contribution in [2.24, 2.45) is 11.3 Å². The summed E-state index contributed by atoms with van der Waals surface area (Å²) in [6.45, 7) is 2.69. The third-order valence-electron chi connectivity index (χ3n) is 3.58. The SMILES string of the molecule is CC1CC2(CCCCC2)COC1=O. The van der Waals surface area contributed by atoms with Crippen molar-refractivity contribution in [3.63, 3.8) is 0 Å². The fourth-order valence-corrected chi connectivity index (χ4v) is 2.81. The summed E-state index contributed by atoms with van der Waals surface area (Å²) in [5, 5.41) is 0. The maximum Gasteiger partial charge on any atom is 0.308 e. The van der Waals surface area contributed by atoms with E-state index in [4.69, 9.17) is 4.74 Å². The molecule has 2 rings (SSSR count). The van der Waals surface area contributed by atoms with Crippen molar-refractivity contribution in [3.05, 3.63) is 0 Å². The Balaban J connectivity index is 2.02. The van der Waals surface area contributed by atoms with E-state index in [1.54, 1.807) is 0 Å². The van der Waals surface area contributed by atoms with Gasteiger partial charge in [-0.2, -0.15) is 0 Å². The van der Waals surface area contributed by atoms with Crippen molar-refractivity contribution < 1.29 is 9.53 Å². The zero-order valence-corrected chi connectivity index (χ0v) is 8.34. The molecule has 74 valence electrons. The van der Waals surface area contributed by atoms with E-state index in [9.17, 15) is 4.79 Å². The van der Waals surface area contributed by atoms with Gasteiger partial charge in [0.15, 0.2) is 0 Å². The summed E-state index contributed by atoms with van der Waals surface area (Å²) in [5.74, 6) is 0.142. The van der Waals surface area contributed by atoms with Crippen LogP contribution in [0, 0.1) is 11.3 Å². The predicted molar refractivity (Wildman–Crippen MR) is 50.3 cm³/mol. The third kappa shape index (κ3) is 1.72. The molecular weight excluding hydrogens is 164 g/mol. The van der Waals surface area contributed by atoms with Crippen LogP contribution in [0.25, 0.3) is 0 Å². The molecule has 1 saturated heterocycles. The normalized spacial score (nSPS) is 33.0. The van der Waals surface area contributed by atoms with E-state index in [0.29, 0.717) is 12.0 Å².